The molecular weight excluding hydrogens is 588 g/mol. The fourth-order valence-electron chi connectivity index (χ4n) is 8.40. The van der Waals surface area contributed by atoms with Crippen LogP contribution in [0, 0.1) is 23.2 Å². The highest BCUT2D eigenvalue weighted by molar-refractivity contribution is 5.71. The third-order valence-electron chi connectivity index (χ3n) is 10.3. The molecule has 0 saturated heterocycles. The minimum absolute atomic E-state index is 0.0650. The predicted octanol–water partition coefficient (Wildman–Crippen LogP) is 6.34. The van der Waals surface area contributed by atoms with Gasteiger partial charge in [0.2, 0.25) is 0 Å². The Morgan fingerprint density at radius 2 is 1.59 bits per heavy atom. The van der Waals surface area contributed by atoms with Gasteiger partial charge < -0.3 is 37.9 Å². The van der Waals surface area contributed by atoms with Crippen LogP contribution in [0.15, 0.2) is 18.2 Å². The summed E-state index contributed by atoms with van der Waals surface area (Å²) in [5.41, 5.74) is 2.81. The molecule has 1 aromatic rings. The second kappa shape index (κ2) is 18.1. The fraction of sp³-hybridized carbons (Fsp3) is 0.811. The quantitative estimate of drug-likeness (QED) is 0.0912. The number of carbonyl (C=O) groups is 1. The maximum Gasteiger partial charge on any atom is 0.332 e. The number of unbranched alkanes of at least 4 members (excludes halogenated alkanes) is 1. The number of benzene rings is 1. The number of hydrogen-bond donors (Lipinski definition) is 0. The smallest absolute Gasteiger partial charge is 0.332 e. The van der Waals surface area contributed by atoms with Gasteiger partial charge in [-0.3, -0.25) is 0 Å². The molecule has 9 nitrogen and oxygen atoms in total. The van der Waals surface area contributed by atoms with Gasteiger partial charge in [-0.15, -0.1) is 0 Å². The standard InChI is InChI=1S/C37H60O9/c1-36(2,3)46-34(38)25-44-22-21-43-20-19-42-18-17-41-16-8-7-9-27-23-28-24-29(45-26-39-5)10-11-30(28)31-14-15-37(4)32(35(27)31)12-13-33(37)40-6/h10-11,24,27,31-33,35H,7-9,12-23,25-26H2,1-6H3/t27-,31-,32+,33+,35-,37+/m1/s1. The third-order valence-corrected chi connectivity index (χ3v) is 10.3. The molecule has 0 N–H and O–H groups in total. The first kappa shape index (κ1) is 37.1. The first-order chi connectivity index (χ1) is 22.2. The predicted molar refractivity (Wildman–Crippen MR) is 176 cm³/mol. The van der Waals surface area contributed by atoms with E-state index in [0.717, 1.165) is 31.1 Å². The minimum atomic E-state index is -0.502. The molecule has 46 heavy (non-hydrogen) atoms. The summed E-state index contributed by atoms with van der Waals surface area (Å²) < 4.78 is 44.5. The highest BCUT2D eigenvalue weighted by Gasteiger charge is 2.57. The van der Waals surface area contributed by atoms with Crippen LogP contribution in [0.3, 0.4) is 0 Å². The summed E-state index contributed by atoms with van der Waals surface area (Å²) >= 11 is 0. The van der Waals surface area contributed by atoms with Crippen molar-refractivity contribution < 1.29 is 42.7 Å². The van der Waals surface area contributed by atoms with E-state index in [2.05, 4.69) is 25.1 Å². The molecule has 0 radical (unpaired) electrons. The summed E-state index contributed by atoms with van der Waals surface area (Å²) in [4.78, 5) is 11.6. The maximum absolute atomic E-state index is 11.6. The Morgan fingerprint density at radius 1 is 0.891 bits per heavy atom. The van der Waals surface area contributed by atoms with Gasteiger partial charge in [0.05, 0.1) is 45.7 Å². The molecule has 3 aliphatic rings. The topological polar surface area (TPSA) is 90.9 Å². The van der Waals surface area contributed by atoms with Crippen molar-refractivity contribution in [2.45, 2.75) is 96.7 Å². The normalized spacial score (nSPS) is 27.1. The van der Waals surface area contributed by atoms with Gasteiger partial charge in [0.25, 0.3) is 0 Å². The van der Waals surface area contributed by atoms with Crippen LogP contribution in [0.4, 0.5) is 0 Å². The van der Waals surface area contributed by atoms with Crippen LogP contribution >= 0.6 is 0 Å². The van der Waals surface area contributed by atoms with E-state index in [1.54, 1.807) is 12.7 Å². The zero-order valence-electron chi connectivity index (χ0n) is 29.3. The molecule has 9 heteroatoms. The van der Waals surface area contributed by atoms with E-state index in [1.807, 2.05) is 27.9 Å². The van der Waals surface area contributed by atoms with Crippen LogP contribution in [-0.2, 0) is 44.4 Å². The molecule has 0 aromatic heterocycles. The lowest BCUT2D eigenvalue weighted by molar-refractivity contribution is -0.160. The molecule has 3 aliphatic carbocycles. The molecule has 1 aromatic carbocycles. The Hall–Kier alpha value is -1.75. The van der Waals surface area contributed by atoms with Crippen molar-refractivity contribution in [3.05, 3.63) is 29.3 Å². The van der Waals surface area contributed by atoms with E-state index in [9.17, 15) is 4.79 Å². The van der Waals surface area contributed by atoms with Gasteiger partial charge in [0, 0.05) is 20.8 Å². The average molecular weight is 649 g/mol. The molecule has 0 unspecified atom stereocenters. The fourth-order valence-corrected chi connectivity index (χ4v) is 8.40. The summed E-state index contributed by atoms with van der Waals surface area (Å²) in [6.45, 7) is 11.9. The molecule has 6 atom stereocenters. The Labute approximate surface area is 277 Å². The van der Waals surface area contributed by atoms with Crippen LogP contribution in [0.5, 0.6) is 5.75 Å². The van der Waals surface area contributed by atoms with Gasteiger partial charge in [0.15, 0.2) is 6.79 Å². The summed E-state index contributed by atoms with van der Waals surface area (Å²) in [5.74, 6) is 3.27. The number of methoxy groups -OCH3 is 2. The van der Waals surface area contributed by atoms with E-state index in [1.165, 1.54) is 44.1 Å². The SMILES string of the molecule is COCOc1ccc2c(c1)C[C@@H](CCCCOCCOCCOCCOCC(=O)OC(C)(C)C)[C@@H]1[C@@H]2CC[C@]2(C)[C@@H](OC)CC[C@@H]12. The number of esters is 1. The van der Waals surface area contributed by atoms with Crippen LogP contribution in [0.1, 0.15) is 89.7 Å². The first-order valence-electron chi connectivity index (χ1n) is 17.5. The van der Waals surface area contributed by atoms with Gasteiger partial charge in [-0.05, 0) is 118 Å². The van der Waals surface area contributed by atoms with E-state index < -0.39 is 5.60 Å². The Morgan fingerprint density at radius 3 is 2.26 bits per heavy atom. The summed E-state index contributed by atoms with van der Waals surface area (Å²) in [6, 6.07) is 6.74. The highest BCUT2D eigenvalue weighted by atomic mass is 16.7. The Balaban J connectivity index is 1.13. The van der Waals surface area contributed by atoms with Gasteiger partial charge in [-0.25, -0.2) is 4.79 Å². The zero-order chi connectivity index (χ0) is 33.0. The van der Waals surface area contributed by atoms with Crippen molar-refractivity contribution in [3.8, 4) is 5.75 Å². The van der Waals surface area contributed by atoms with Crippen molar-refractivity contribution in [1.29, 1.82) is 0 Å². The van der Waals surface area contributed by atoms with Crippen molar-refractivity contribution in [1.82, 2.24) is 0 Å². The largest absolute Gasteiger partial charge is 0.468 e. The number of hydrogen-bond acceptors (Lipinski definition) is 9. The molecule has 2 saturated carbocycles. The molecule has 0 aliphatic heterocycles. The molecule has 0 spiro atoms. The molecule has 2 fully saturated rings. The zero-order valence-corrected chi connectivity index (χ0v) is 29.3. The molecule has 262 valence electrons. The van der Waals surface area contributed by atoms with Gasteiger partial charge in [-0.2, -0.15) is 0 Å². The number of carbonyl (C=O) groups excluding carboxylic acids is 1. The summed E-state index contributed by atoms with van der Waals surface area (Å²) in [6.07, 6.45) is 9.94. The number of rotatable bonds is 20. The molecule has 0 heterocycles. The summed E-state index contributed by atoms with van der Waals surface area (Å²) in [7, 11) is 3.57. The van der Waals surface area contributed by atoms with Crippen LogP contribution in [-0.4, -0.2) is 91.5 Å². The van der Waals surface area contributed by atoms with Crippen LogP contribution in [0.2, 0.25) is 0 Å². The lowest BCUT2D eigenvalue weighted by Gasteiger charge is -2.53. The first-order valence-corrected chi connectivity index (χ1v) is 17.5. The van der Waals surface area contributed by atoms with Gasteiger partial charge in [-0.1, -0.05) is 19.4 Å². The molecule has 4 rings (SSSR count). The van der Waals surface area contributed by atoms with E-state index in [0.29, 0.717) is 63.5 Å². The number of ether oxygens (including phenoxy) is 8. The van der Waals surface area contributed by atoms with Crippen molar-refractivity contribution >= 4 is 5.97 Å². The van der Waals surface area contributed by atoms with Crippen molar-refractivity contribution in [2.75, 3.05) is 73.9 Å². The highest BCUT2D eigenvalue weighted by Crippen LogP contribution is 2.63. The van der Waals surface area contributed by atoms with Crippen molar-refractivity contribution in [3.63, 3.8) is 0 Å². The number of fused-ring (bicyclic) bond motifs is 5. The molecule has 0 amide bonds. The molecule has 0 bridgehead atoms. The third kappa shape index (κ3) is 10.4. The lowest BCUT2D eigenvalue weighted by Crippen LogP contribution is -2.47. The maximum atomic E-state index is 11.6. The Bertz CT molecular complexity index is 1060. The monoisotopic (exact) mass is 648 g/mol. The van der Waals surface area contributed by atoms with E-state index in [-0.39, 0.29) is 24.8 Å². The molecular formula is C37H60O9. The van der Waals surface area contributed by atoms with Gasteiger partial charge in [0.1, 0.15) is 18.0 Å². The van der Waals surface area contributed by atoms with E-state index in [4.69, 9.17) is 37.9 Å². The second-order valence-electron chi connectivity index (χ2n) is 14.5. The van der Waals surface area contributed by atoms with Crippen molar-refractivity contribution in [2.24, 2.45) is 23.2 Å². The van der Waals surface area contributed by atoms with Gasteiger partial charge >= 0.3 is 5.97 Å². The summed E-state index contributed by atoms with van der Waals surface area (Å²) in [5, 5.41) is 0. The van der Waals surface area contributed by atoms with E-state index >= 15 is 0 Å². The average Bonchev–Trinajstić information content (AvgIpc) is 3.36. The van der Waals surface area contributed by atoms with Crippen LogP contribution in [0.25, 0.3) is 0 Å². The lowest BCUT2D eigenvalue weighted by atomic mass is 9.52. The second-order valence-corrected chi connectivity index (χ2v) is 14.5. The van der Waals surface area contributed by atoms with Crippen LogP contribution < -0.4 is 4.74 Å². The Kier molecular flexibility index (Phi) is 14.6. The minimum Gasteiger partial charge on any atom is -0.468 e.